The van der Waals surface area contributed by atoms with Gasteiger partial charge in [-0.15, -0.1) is 0 Å². The molecule has 2 aromatic rings. The van der Waals surface area contributed by atoms with Gasteiger partial charge in [0.05, 0.1) is 12.0 Å². The fourth-order valence-electron chi connectivity index (χ4n) is 1.29. The number of halogens is 1. The number of benzene rings is 1. The third kappa shape index (κ3) is 5.10. The number of hydrogen-bond donors (Lipinski definition) is 1. The average Bonchev–Trinajstić information content (AvgIpc) is 2.46. The summed E-state index contributed by atoms with van der Waals surface area (Å²) >= 11 is 4.63. The lowest BCUT2D eigenvalue weighted by molar-refractivity contribution is -0.118. The summed E-state index contributed by atoms with van der Waals surface area (Å²) in [7, 11) is 0. The van der Waals surface area contributed by atoms with E-state index >= 15 is 0 Å². The summed E-state index contributed by atoms with van der Waals surface area (Å²) in [6, 6.07) is 9.35. The van der Waals surface area contributed by atoms with E-state index in [0.717, 1.165) is 10.0 Å². The van der Waals surface area contributed by atoms with Crippen molar-refractivity contribution in [3.63, 3.8) is 0 Å². The molecule has 0 aliphatic carbocycles. The van der Waals surface area contributed by atoms with Crippen LogP contribution < -0.4 is 5.43 Å². The molecule has 2 rings (SSSR count). The van der Waals surface area contributed by atoms with Crippen molar-refractivity contribution in [2.24, 2.45) is 5.10 Å². The van der Waals surface area contributed by atoms with Crippen LogP contribution in [0.3, 0.4) is 0 Å². The van der Waals surface area contributed by atoms with Gasteiger partial charge in [0.15, 0.2) is 5.16 Å². The lowest BCUT2D eigenvalue weighted by Gasteiger charge is -1.99. The highest BCUT2D eigenvalue weighted by molar-refractivity contribution is 9.10. The molecule has 7 heteroatoms. The highest BCUT2D eigenvalue weighted by atomic mass is 79.9. The van der Waals surface area contributed by atoms with Crippen molar-refractivity contribution in [2.75, 3.05) is 5.75 Å². The number of hydrogen-bond acceptors (Lipinski definition) is 5. The van der Waals surface area contributed by atoms with Gasteiger partial charge in [-0.05, 0) is 23.8 Å². The Bertz CT molecular complexity index is 606. The van der Waals surface area contributed by atoms with Crippen molar-refractivity contribution in [1.29, 1.82) is 0 Å². The first-order chi connectivity index (χ1) is 9.74. The van der Waals surface area contributed by atoms with Gasteiger partial charge in [0.1, 0.15) is 0 Å². The summed E-state index contributed by atoms with van der Waals surface area (Å²) in [5, 5.41) is 4.46. The van der Waals surface area contributed by atoms with Crippen LogP contribution in [0.4, 0.5) is 0 Å². The van der Waals surface area contributed by atoms with Crippen molar-refractivity contribution in [3.8, 4) is 0 Å². The minimum absolute atomic E-state index is 0.200. The van der Waals surface area contributed by atoms with Crippen LogP contribution in [0, 0.1) is 0 Å². The van der Waals surface area contributed by atoms with Gasteiger partial charge in [0, 0.05) is 16.9 Å². The summed E-state index contributed by atoms with van der Waals surface area (Å²) in [6.07, 6.45) is 4.86. The fourth-order valence-corrected chi connectivity index (χ4v) is 2.30. The van der Waals surface area contributed by atoms with Gasteiger partial charge in [0.25, 0.3) is 5.91 Å². The molecule has 1 aromatic carbocycles. The van der Waals surface area contributed by atoms with Gasteiger partial charge in [-0.25, -0.2) is 15.4 Å². The minimum atomic E-state index is -0.200. The predicted octanol–water partition coefficient (Wildman–Crippen LogP) is 2.48. The predicted molar refractivity (Wildman–Crippen MR) is 82.6 cm³/mol. The van der Waals surface area contributed by atoms with E-state index in [1.54, 1.807) is 24.7 Å². The summed E-state index contributed by atoms with van der Waals surface area (Å²) < 4.78 is 0.963. The number of carbonyl (C=O) groups is 1. The second kappa shape index (κ2) is 7.76. The normalized spacial score (nSPS) is 10.7. The Balaban J connectivity index is 1.78. The molecule has 102 valence electrons. The Morgan fingerprint density at radius 2 is 2.15 bits per heavy atom. The monoisotopic (exact) mass is 350 g/mol. The van der Waals surface area contributed by atoms with E-state index < -0.39 is 0 Å². The van der Waals surface area contributed by atoms with E-state index in [1.807, 2.05) is 24.3 Å². The number of carbonyl (C=O) groups excluding carboxylic acids is 1. The first-order valence-corrected chi connectivity index (χ1v) is 7.49. The number of rotatable bonds is 5. The van der Waals surface area contributed by atoms with Crippen LogP contribution in [0.1, 0.15) is 5.56 Å². The standard InChI is InChI=1S/C13H11BrN4OS/c14-11-4-1-3-10(7-11)8-17-18-12(19)9-20-13-15-5-2-6-16-13/h1-8H,9H2,(H,18,19)/b17-8-. The molecule has 0 aliphatic heterocycles. The number of aromatic nitrogens is 2. The van der Waals surface area contributed by atoms with E-state index in [2.05, 4.69) is 36.4 Å². The molecule has 0 aliphatic rings. The van der Waals surface area contributed by atoms with E-state index in [1.165, 1.54) is 11.8 Å². The summed E-state index contributed by atoms with van der Waals surface area (Å²) in [5.41, 5.74) is 3.36. The van der Waals surface area contributed by atoms with Crippen LogP contribution in [0.15, 0.2) is 57.5 Å². The van der Waals surface area contributed by atoms with Gasteiger partial charge in [-0.2, -0.15) is 5.10 Å². The van der Waals surface area contributed by atoms with Crippen molar-refractivity contribution in [1.82, 2.24) is 15.4 Å². The van der Waals surface area contributed by atoms with E-state index in [9.17, 15) is 4.79 Å². The molecule has 1 aromatic heterocycles. The van der Waals surface area contributed by atoms with Crippen LogP contribution >= 0.6 is 27.7 Å². The molecule has 20 heavy (non-hydrogen) atoms. The summed E-state index contributed by atoms with van der Waals surface area (Å²) in [4.78, 5) is 19.6. The van der Waals surface area contributed by atoms with Crippen LogP contribution in [-0.4, -0.2) is 27.8 Å². The molecule has 1 N–H and O–H groups in total. The summed E-state index contributed by atoms with van der Waals surface area (Å²) in [5.74, 6) is 0.0218. The van der Waals surface area contributed by atoms with Gasteiger partial charge in [-0.3, -0.25) is 4.79 Å². The molecule has 5 nitrogen and oxygen atoms in total. The molecular formula is C13H11BrN4OS. The molecule has 0 radical (unpaired) electrons. The molecule has 0 saturated heterocycles. The number of thioether (sulfide) groups is 1. The zero-order valence-electron chi connectivity index (χ0n) is 10.4. The van der Waals surface area contributed by atoms with E-state index in [-0.39, 0.29) is 11.7 Å². The second-order valence-corrected chi connectivity index (χ2v) is 5.53. The van der Waals surface area contributed by atoms with Crippen LogP contribution in [0.25, 0.3) is 0 Å². The Kier molecular flexibility index (Phi) is 5.69. The fraction of sp³-hybridized carbons (Fsp3) is 0.0769. The van der Waals surface area contributed by atoms with Crippen molar-refractivity contribution in [2.45, 2.75) is 5.16 Å². The first kappa shape index (κ1) is 14.7. The molecule has 1 heterocycles. The van der Waals surface area contributed by atoms with Crippen molar-refractivity contribution >= 4 is 39.8 Å². The highest BCUT2D eigenvalue weighted by Gasteiger charge is 2.02. The van der Waals surface area contributed by atoms with Crippen molar-refractivity contribution in [3.05, 3.63) is 52.8 Å². The molecule has 0 fully saturated rings. The van der Waals surface area contributed by atoms with Gasteiger partial charge in [-0.1, -0.05) is 39.8 Å². The molecule has 0 unspecified atom stereocenters. The molecule has 0 atom stereocenters. The van der Waals surface area contributed by atoms with Crippen LogP contribution in [-0.2, 0) is 4.79 Å². The molecule has 0 saturated carbocycles. The topological polar surface area (TPSA) is 67.2 Å². The number of nitrogens with zero attached hydrogens (tertiary/aromatic N) is 3. The number of nitrogens with one attached hydrogen (secondary N) is 1. The number of hydrazone groups is 1. The Morgan fingerprint density at radius 1 is 1.35 bits per heavy atom. The molecule has 0 spiro atoms. The molecular weight excluding hydrogens is 340 g/mol. The van der Waals surface area contributed by atoms with Crippen LogP contribution in [0.5, 0.6) is 0 Å². The second-order valence-electron chi connectivity index (χ2n) is 3.67. The maximum atomic E-state index is 11.6. The van der Waals surface area contributed by atoms with Gasteiger partial charge < -0.3 is 0 Å². The maximum Gasteiger partial charge on any atom is 0.250 e. The molecule has 0 bridgehead atoms. The van der Waals surface area contributed by atoms with Gasteiger partial charge in [0.2, 0.25) is 0 Å². The first-order valence-electron chi connectivity index (χ1n) is 5.71. The third-order valence-corrected chi connectivity index (χ3v) is 3.49. The Labute approximate surface area is 129 Å². The lowest BCUT2D eigenvalue weighted by Crippen LogP contribution is -2.19. The zero-order valence-corrected chi connectivity index (χ0v) is 12.8. The maximum absolute atomic E-state index is 11.6. The third-order valence-electron chi connectivity index (χ3n) is 2.13. The average molecular weight is 351 g/mol. The smallest absolute Gasteiger partial charge is 0.250 e. The SMILES string of the molecule is O=C(CSc1ncccn1)N/N=C\c1cccc(Br)c1. The molecule has 1 amide bonds. The van der Waals surface area contributed by atoms with Crippen LogP contribution in [0.2, 0.25) is 0 Å². The number of amides is 1. The zero-order chi connectivity index (χ0) is 14.2. The quantitative estimate of drug-likeness (QED) is 0.389. The Morgan fingerprint density at radius 3 is 2.90 bits per heavy atom. The Hall–Kier alpha value is -1.73. The lowest BCUT2D eigenvalue weighted by atomic mass is 10.2. The van der Waals surface area contributed by atoms with E-state index in [4.69, 9.17) is 0 Å². The highest BCUT2D eigenvalue weighted by Crippen LogP contribution is 2.10. The van der Waals surface area contributed by atoms with E-state index in [0.29, 0.717) is 5.16 Å². The van der Waals surface area contributed by atoms with Crippen molar-refractivity contribution < 1.29 is 4.79 Å². The van der Waals surface area contributed by atoms with Gasteiger partial charge >= 0.3 is 0 Å². The largest absolute Gasteiger partial charge is 0.272 e. The minimum Gasteiger partial charge on any atom is -0.272 e. The summed E-state index contributed by atoms with van der Waals surface area (Å²) in [6.45, 7) is 0.